The van der Waals surface area contributed by atoms with E-state index < -0.39 is 5.97 Å². The molecule has 2 aromatic carbocycles. The number of amides is 1. The molecule has 24 heavy (non-hydrogen) atoms. The quantitative estimate of drug-likeness (QED) is 0.817. The van der Waals surface area contributed by atoms with Crippen molar-refractivity contribution in [2.75, 3.05) is 12.4 Å². The molecule has 2 aromatic rings. The second-order valence-electron chi connectivity index (χ2n) is 5.39. The first-order valence-corrected chi connectivity index (χ1v) is 7.80. The van der Waals surface area contributed by atoms with Crippen LogP contribution in [-0.2, 0) is 4.74 Å². The Morgan fingerprint density at radius 2 is 1.79 bits per heavy atom. The van der Waals surface area contributed by atoms with Gasteiger partial charge in [0.25, 0.3) is 5.91 Å². The van der Waals surface area contributed by atoms with E-state index in [1.807, 2.05) is 26.0 Å². The highest BCUT2D eigenvalue weighted by atomic mass is 16.5. The molecule has 1 atom stereocenters. The number of nitrogens with one attached hydrogen (secondary N) is 1. The SMILES string of the molecule is CCC(C)Oc1cccc(NC(=O)c2cccc(C(=O)OC)c2)c1. The maximum absolute atomic E-state index is 12.4. The van der Waals surface area contributed by atoms with E-state index in [4.69, 9.17) is 4.74 Å². The molecule has 0 fully saturated rings. The first-order chi connectivity index (χ1) is 11.5. The van der Waals surface area contributed by atoms with Crippen molar-refractivity contribution in [3.05, 3.63) is 59.7 Å². The van der Waals surface area contributed by atoms with Gasteiger partial charge in [-0.05, 0) is 43.7 Å². The molecule has 0 saturated carbocycles. The van der Waals surface area contributed by atoms with E-state index in [1.54, 1.807) is 30.3 Å². The van der Waals surface area contributed by atoms with E-state index in [-0.39, 0.29) is 12.0 Å². The molecule has 0 aliphatic heterocycles. The van der Waals surface area contributed by atoms with E-state index >= 15 is 0 Å². The molecular weight excluding hydrogens is 306 g/mol. The molecular formula is C19H21NO4. The Labute approximate surface area is 141 Å². The van der Waals surface area contributed by atoms with Crippen LogP contribution in [0, 0.1) is 0 Å². The number of esters is 1. The van der Waals surface area contributed by atoms with Crippen molar-refractivity contribution in [2.45, 2.75) is 26.4 Å². The molecule has 5 heteroatoms. The van der Waals surface area contributed by atoms with Crippen molar-refractivity contribution in [3.8, 4) is 5.75 Å². The molecule has 5 nitrogen and oxygen atoms in total. The van der Waals surface area contributed by atoms with Crippen molar-refractivity contribution in [2.24, 2.45) is 0 Å². The van der Waals surface area contributed by atoms with Crippen LogP contribution in [0.3, 0.4) is 0 Å². The number of benzene rings is 2. The van der Waals surface area contributed by atoms with Crippen molar-refractivity contribution in [1.82, 2.24) is 0 Å². The van der Waals surface area contributed by atoms with Gasteiger partial charge in [-0.25, -0.2) is 4.79 Å². The van der Waals surface area contributed by atoms with E-state index in [0.29, 0.717) is 22.6 Å². The van der Waals surface area contributed by atoms with Gasteiger partial charge in [0.1, 0.15) is 5.75 Å². The van der Waals surface area contributed by atoms with Crippen LogP contribution in [0.2, 0.25) is 0 Å². The Balaban J connectivity index is 2.12. The largest absolute Gasteiger partial charge is 0.491 e. The third-order valence-electron chi connectivity index (χ3n) is 3.55. The summed E-state index contributed by atoms with van der Waals surface area (Å²) in [4.78, 5) is 23.9. The summed E-state index contributed by atoms with van der Waals surface area (Å²) in [6, 6.07) is 13.6. The van der Waals surface area contributed by atoms with Gasteiger partial charge >= 0.3 is 5.97 Å². The molecule has 0 spiro atoms. The van der Waals surface area contributed by atoms with Crippen molar-refractivity contribution >= 4 is 17.6 Å². The zero-order valence-corrected chi connectivity index (χ0v) is 14.0. The Bertz CT molecular complexity index is 727. The van der Waals surface area contributed by atoms with E-state index in [9.17, 15) is 9.59 Å². The molecule has 0 saturated heterocycles. The van der Waals surface area contributed by atoms with Gasteiger partial charge in [0.2, 0.25) is 0 Å². The fourth-order valence-electron chi connectivity index (χ4n) is 2.07. The topological polar surface area (TPSA) is 64.6 Å². The van der Waals surface area contributed by atoms with Crippen molar-refractivity contribution in [3.63, 3.8) is 0 Å². The van der Waals surface area contributed by atoms with Crippen LogP contribution in [0.4, 0.5) is 5.69 Å². The minimum absolute atomic E-state index is 0.104. The number of carbonyl (C=O) groups excluding carboxylic acids is 2. The first-order valence-electron chi connectivity index (χ1n) is 7.80. The molecule has 0 heterocycles. The Hall–Kier alpha value is -2.82. The number of rotatable bonds is 6. The van der Waals surface area contributed by atoms with Gasteiger partial charge < -0.3 is 14.8 Å². The molecule has 2 rings (SSSR count). The van der Waals surface area contributed by atoms with Crippen LogP contribution in [0.25, 0.3) is 0 Å². The fourth-order valence-corrected chi connectivity index (χ4v) is 2.07. The summed E-state index contributed by atoms with van der Waals surface area (Å²) in [5.74, 6) is -0.0829. The molecule has 1 amide bonds. The summed E-state index contributed by atoms with van der Waals surface area (Å²) in [7, 11) is 1.30. The van der Waals surface area contributed by atoms with Gasteiger partial charge in [-0.1, -0.05) is 19.1 Å². The highest BCUT2D eigenvalue weighted by Crippen LogP contribution is 2.20. The number of carbonyl (C=O) groups is 2. The van der Waals surface area contributed by atoms with Crippen LogP contribution in [-0.4, -0.2) is 25.1 Å². The summed E-state index contributed by atoms with van der Waals surface area (Å²) < 4.78 is 10.4. The van der Waals surface area contributed by atoms with Crippen LogP contribution >= 0.6 is 0 Å². The van der Waals surface area contributed by atoms with E-state index in [1.165, 1.54) is 13.2 Å². The first kappa shape index (κ1) is 17.5. The monoisotopic (exact) mass is 327 g/mol. The summed E-state index contributed by atoms with van der Waals surface area (Å²) >= 11 is 0. The molecule has 0 aliphatic rings. The second kappa shape index (κ2) is 8.15. The number of methoxy groups -OCH3 is 1. The predicted octanol–water partition coefficient (Wildman–Crippen LogP) is 3.90. The van der Waals surface area contributed by atoms with Crippen LogP contribution < -0.4 is 10.1 Å². The third kappa shape index (κ3) is 4.59. The molecule has 1 unspecified atom stereocenters. The van der Waals surface area contributed by atoms with Gasteiger partial charge in [-0.2, -0.15) is 0 Å². The van der Waals surface area contributed by atoms with Gasteiger partial charge in [0.15, 0.2) is 0 Å². The van der Waals surface area contributed by atoms with Crippen molar-refractivity contribution < 1.29 is 19.1 Å². The van der Waals surface area contributed by atoms with Gasteiger partial charge in [0.05, 0.1) is 18.8 Å². The average Bonchev–Trinajstić information content (AvgIpc) is 2.61. The lowest BCUT2D eigenvalue weighted by molar-refractivity contribution is 0.0600. The summed E-state index contributed by atoms with van der Waals surface area (Å²) in [5.41, 5.74) is 1.34. The van der Waals surface area contributed by atoms with Crippen LogP contribution in [0.1, 0.15) is 41.0 Å². The molecule has 0 bridgehead atoms. The highest BCUT2D eigenvalue weighted by Gasteiger charge is 2.11. The third-order valence-corrected chi connectivity index (χ3v) is 3.55. The Morgan fingerprint density at radius 1 is 1.08 bits per heavy atom. The second-order valence-corrected chi connectivity index (χ2v) is 5.39. The highest BCUT2D eigenvalue weighted by molar-refractivity contribution is 6.05. The molecule has 0 aromatic heterocycles. The zero-order chi connectivity index (χ0) is 17.5. The molecule has 126 valence electrons. The van der Waals surface area contributed by atoms with Crippen LogP contribution in [0.5, 0.6) is 5.75 Å². The van der Waals surface area contributed by atoms with E-state index in [2.05, 4.69) is 10.1 Å². The minimum atomic E-state index is -0.478. The Kier molecular flexibility index (Phi) is 5.95. The fraction of sp³-hybridized carbons (Fsp3) is 0.263. The predicted molar refractivity (Wildman–Crippen MR) is 92.6 cm³/mol. The standard InChI is InChI=1S/C19H21NO4/c1-4-13(2)24-17-10-6-9-16(12-17)20-18(21)14-7-5-8-15(11-14)19(22)23-3/h5-13H,4H2,1-3H3,(H,20,21). The summed E-state index contributed by atoms with van der Waals surface area (Å²) in [6.07, 6.45) is 1.00. The van der Waals surface area contributed by atoms with Crippen LogP contribution in [0.15, 0.2) is 48.5 Å². The lowest BCUT2D eigenvalue weighted by Gasteiger charge is -2.13. The normalized spacial score (nSPS) is 11.5. The molecule has 1 N–H and O–H groups in total. The van der Waals surface area contributed by atoms with Crippen molar-refractivity contribution in [1.29, 1.82) is 0 Å². The number of hydrogen-bond acceptors (Lipinski definition) is 4. The van der Waals surface area contributed by atoms with Gasteiger partial charge in [-0.3, -0.25) is 4.79 Å². The van der Waals surface area contributed by atoms with Gasteiger partial charge in [0, 0.05) is 17.3 Å². The smallest absolute Gasteiger partial charge is 0.337 e. The zero-order valence-electron chi connectivity index (χ0n) is 14.0. The summed E-state index contributed by atoms with van der Waals surface area (Å²) in [5, 5.41) is 2.80. The Morgan fingerprint density at radius 3 is 2.50 bits per heavy atom. The molecule has 0 aliphatic carbocycles. The minimum Gasteiger partial charge on any atom is -0.491 e. The maximum atomic E-state index is 12.4. The lowest BCUT2D eigenvalue weighted by atomic mass is 10.1. The maximum Gasteiger partial charge on any atom is 0.337 e. The lowest BCUT2D eigenvalue weighted by Crippen LogP contribution is -2.14. The number of ether oxygens (including phenoxy) is 2. The summed E-state index contributed by atoms with van der Waals surface area (Å²) in [6.45, 7) is 4.04. The molecule has 0 radical (unpaired) electrons. The average molecular weight is 327 g/mol. The number of hydrogen-bond donors (Lipinski definition) is 1. The number of anilines is 1. The van der Waals surface area contributed by atoms with E-state index in [0.717, 1.165) is 6.42 Å². The van der Waals surface area contributed by atoms with Gasteiger partial charge in [-0.15, -0.1) is 0 Å².